The Hall–Kier alpha value is -2.86. The Balaban J connectivity index is 1.45. The third-order valence-electron chi connectivity index (χ3n) is 5.24. The van der Waals surface area contributed by atoms with Gasteiger partial charge in [0, 0.05) is 30.1 Å². The SMILES string of the molecule is O=C1N[C@@H](Cc2ccccc2)C(=O)N2CCN(C(=O)c3ccc(Cl)cc3)C[C@H]12. The summed E-state index contributed by atoms with van der Waals surface area (Å²) in [4.78, 5) is 41.5. The molecule has 2 saturated heterocycles. The quantitative estimate of drug-likeness (QED) is 0.857. The molecule has 2 atom stereocenters. The second-order valence-electron chi connectivity index (χ2n) is 7.06. The van der Waals surface area contributed by atoms with Crippen LogP contribution in [0.5, 0.6) is 0 Å². The molecule has 2 aliphatic heterocycles. The molecule has 4 rings (SSSR count). The summed E-state index contributed by atoms with van der Waals surface area (Å²) in [5, 5.41) is 3.39. The summed E-state index contributed by atoms with van der Waals surface area (Å²) in [5.74, 6) is -0.468. The highest BCUT2D eigenvalue weighted by Crippen LogP contribution is 2.20. The first kappa shape index (κ1) is 18.5. The Morgan fingerprint density at radius 3 is 2.46 bits per heavy atom. The Labute approximate surface area is 168 Å². The second kappa shape index (κ2) is 7.64. The van der Waals surface area contributed by atoms with Crippen LogP contribution in [0.3, 0.4) is 0 Å². The molecule has 6 nitrogen and oxygen atoms in total. The Morgan fingerprint density at radius 2 is 1.75 bits per heavy atom. The minimum absolute atomic E-state index is 0.0907. The molecule has 0 spiro atoms. The lowest BCUT2D eigenvalue weighted by atomic mass is 9.98. The highest BCUT2D eigenvalue weighted by atomic mass is 35.5. The van der Waals surface area contributed by atoms with Crippen LogP contribution in [0.15, 0.2) is 54.6 Å². The van der Waals surface area contributed by atoms with Crippen LogP contribution in [0.2, 0.25) is 5.02 Å². The molecule has 2 aromatic rings. The largest absolute Gasteiger partial charge is 0.342 e. The van der Waals surface area contributed by atoms with E-state index in [0.29, 0.717) is 30.1 Å². The van der Waals surface area contributed by atoms with Gasteiger partial charge in [0.05, 0.1) is 6.54 Å². The van der Waals surface area contributed by atoms with Crippen molar-refractivity contribution in [3.8, 4) is 0 Å². The molecule has 2 fully saturated rings. The van der Waals surface area contributed by atoms with Gasteiger partial charge in [0.15, 0.2) is 0 Å². The predicted molar refractivity (Wildman–Crippen MR) is 105 cm³/mol. The maximum atomic E-state index is 12.9. The van der Waals surface area contributed by atoms with Gasteiger partial charge in [-0.1, -0.05) is 41.9 Å². The smallest absolute Gasteiger partial charge is 0.254 e. The van der Waals surface area contributed by atoms with Crippen LogP contribution in [0.25, 0.3) is 0 Å². The number of carbonyl (C=O) groups excluding carboxylic acids is 3. The summed E-state index contributed by atoms with van der Waals surface area (Å²) in [5.41, 5.74) is 1.51. The van der Waals surface area contributed by atoms with Gasteiger partial charge in [0.25, 0.3) is 5.91 Å². The number of carbonyl (C=O) groups is 3. The van der Waals surface area contributed by atoms with Crippen molar-refractivity contribution < 1.29 is 14.4 Å². The Bertz CT molecular complexity index is 901. The van der Waals surface area contributed by atoms with Gasteiger partial charge in [-0.05, 0) is 29.8 Å². The van der Waals surface area contributed by atoms with Crippen LogP contribution in [0, 0.1) is 0 Å². The second-order valence-corrected chi connectivity index (χ2v) is 7.49. The van der Waals surface area contributed by atoms with E-state index in [0.717, 1.165) is 5.56 Å². The highest BCUT2D eigenvalue weighted by Gasteiger charge is 2.44. The van der Waals surface area contributed by atoms with Crippen molar-refractivity contribution in [1.82, 2.24) is 15.1 Å². The van der Waals surface area contributed by atoms with Crippen molar-refractivity contribution in [3.63, 3.8) is 0 Å². The lowest BCUT2D eigenvalue weighted by Gasteiger charge is -2.45. The molecule has 2 heterocycles. The van der Waals surface area contributed by atoms with Crippen LogP contribution in [0.4, 0.5) is 0 Å². The van der Waals surface area contributed by atoms with E-state index in [1.165, 1.54) is 0 Å². The first-order valence-electron chi connectivity index (χ1n) is 9.22. The topological polar surface area (TPSA) is 69.7 Å². The summed E-state index contributed by atoms with van der Waals surface area (Å²) in [6.07, 6.45) is 0.460. The number of rotatable bonds is 3. The number of halogens is 1. The van der Waals surface area contributed by atoms with Crippen molar-refractivity contribution in [2.24, 2.45) is 0 Å². The van der Waals surface area contributed by atoms with Crippen LogP contribution in [0.1, 0.15) is 15.9 Å². The Kier molecular flexibility index (Phi) is 5.05. The van der Waals surface area contributed by atoms with Gasteiger partial charge in [0.1, 0.15) is 12.1 Å². The number of piperazine rings is 2. The summed E-state index contributed by atoms with van der Waals surface area (Å²) in [7, 11) is 0. The number of nitrogens with one attached hydrogen (secondary N) is 1. The summed E-state index contributed by atoms with van der Waals surface area (Å²) >= 11 is 5.88. The molecule has 0 bridgehead atoms. The van der Waals surface area contributed by atoms with Gasteiger partial charge in [0.2, 0.25) is 11.8 Å². The third-order valence-corrected chi connectivity index (χ3v) is 5.49. The van der Waals surface area contributed by atoms with Gasteiger partial charge >= 0.3 is 0 Å². The molecule has 28 heavy (non-hydrogen) atoms. The van der Waals surface area contributed by atoms with Crippen LogP contribution in [-0.2, 0) is 16.0 Å². The van der Waals surface area contributed by atoms with E-state index in [9.17, 15) is 14.4 Å². The minimum atomic E-state index is -0.649. The monoisotopic (exact) mass is 397 g/mol. The molecular formula is C21H20ClN3O3. The van der Waals surface area contributed by atoms with Crippen LogP contribution < -0.4 is 5.32 Å². The van der Waals surface area contributed by atoms with Crippen molar-refractivity contribution >= 4 is 29.3 Å². The standard InChI is InChI=1S/C21H20ClN3O3/c22-16-8-6-15(7-9-16)20(27)24-10-11-25-18(13-24)19(26)23-17(21(25)28)12-14-4-2-1-3-5-14/h1-9,17-18H,10-13H2,(H,23,26)/t17-,18+/m0/s1. The van der Waals surface area contributed by atoms with E-state index in [1.54, 1.807) is 34.1 Å². The molecule has 7 heteroatoms. The van der Waals surface area contributed by atoms with Crippen molar-refractivity contribution in [2.45, 2.75) is 18.5 Å². The first-order valence-corrected chi connectivity index (χ1v) is 9.60. The third kappa shape index (κ3) is 3.60. The van der Waals surface area contributed by atoms with Crippen LogP contribution >= 0.6 is 11.6 Å². The average molecular weight is 398 g/mol. The molecule has 0 unspecified atom stereocenters. The molecule has 0 radical (unpaired) electrons. The van der Waals surface area contributed by atoms with Gasteiger partial charge in [-0.25, -0.2) is 0 Å². The molecule has 1 N–H and O–H groups in total. The molecular weight excluding hydrogens is 378 g/mol. The zero-order valence-corrected chi connectivity index (χ0v) is 15.9. The van der Waals surface area contributed by atoms with Crippen molar-refractivity contribution in [3.05, 3.63) is 70.7 Å². The summed E-state index contributed by atoms with van der Waals surface area (Å²) < 4.78 is 0. The van der Waals surface area contributed by atoms with Gasteiger partial charge in [-0.15, -0.1) is 0 Å². The average Bonchev–Trinajstić information content (AvgIpc) is 2.72. The Morgan fingerprint density at radius 1 is 1.04 bits per heavy atom. The summed E-state index contributed by atoms with van der Waals surface area (Å²) in [6, 6.07) is 15.1. The maximum Gasteiger partial charge on any atom is 0.254 e. The fourth-order valence-corrected chi connectivity index (χ4v) is 3.87. The summed E-state index contributed by atoms with van der Waals surface area (Å²) in [6.45, 7) is 0.938. The molecule has 0 aliphatic carbocycles. The first-order chi connectivity index (χ1) is 13.5. The van der Waals surface area contributed by atoms with E-state index in [4.69, 9.17) is 11.6 Å². The van der Waals surface area contributed by atoms with Gasteiger partial charge < -0.3 is 15.1 Å². The number of nitrogens with zero attached hydrogens (tertiary/aromatic N) is 2. The van der Waals surface area contributed by atoms with E-state index in [-0.39, 0.29) is 24.3 Å². The molecule has 3 amide bonds. The van der Waals surface area contributed by atoms with Crippen molar-refractivity contribution in [1.29, 1.82) is 0 Å². The van der Waals surface area contributed by atoms with Gasteiger partial charge in [-0.2, -0.15) is 0 Å². The predicted octanol–water partition coefficient (Wildman–Crippen LogP) is 1.73. The lowest BCUT2D eigenvalue weighted by Crippen LogP contribution is -2.70. The van der Waals surface area contributed by atoms with Gasteiger partial charge in [-0.3, -0.25) is 14.4 Å². The number of hydrogen-bond acceptors (Lipinski definition) is 3. The lowest BCUT2D eigenvalue weighted by molar-refractivity contribution is -0.152. The number of fused-ring (bicyclic) bond motifs is 1. The molecule has 2 aromatic carbocycles. The molecule has 144 valence electrons. The molecule has 0 saturated carbocycles. The molecule has 0 aromatic heterocycles. The fourth-order valence-electron chi connectivity index (χ4n) is 3.75. The zero-order valence-electron chi connectivity index (χ0n) is 15.2. The minimum Gasteiger partial charge on any atom is -0.342 e. The number of benzene rings is 2. The molecule has 2 aliphatic rings. The normalized spacial score (nSPS) is 21.9. The van der Waals surface area contributed by atoms with E-state index >= 15 is 0 Å². The maximum absolute atomic E-state index is 12.9. The van der Waals surface area contributed by atoms with E-state index in [1.807, 2.05) is 30.3 Å². The highest BCUT2D eigenvalue weighted by molar-refractivity contribution is 6.30. The fraction of sp³-hybridized carbons (Fsp3) is 0.286. The zero-order chi connectivity index (χ0) is 19.7. The van der Waals surface area contributed by atoms with Crippen LogP contribution in [-0.4, -0.2) is 59.2 Å². The van der Waals surface area contributed by atoms with E-state index in [2.05, 4.69) is 5.32 Å². The number of amides is 3. The van der Waals surface area contributed by atoms with Crippen molar-refractivity contribution in [2.75, 3.05) is 19.6 Å². The van der Waals surface area contributed by atoms with E-state index < -0.39 is 12.1 Å². The number of hydrogen-bond donors (Lipinski definition) is 1.